The van der Waals surface area contributed by atoms with Gasteiger partial charge in [-0.3, -0.25) is 10.2 Å². The molecule has 5 aromatic carbocycles. The molecule has 0 saturated carbocycles. The molecule has 8 aliphatic rings. The lowest BCUT2D eigenvalue weighted by molar-refractivity contribution is 0.111. The van der Waals surface area contributed by atoms with Gasteiger partial charge in [-0.2, -0.15) is 0 Å². The van der Waals surface area contributed by atoms with Crippen molar-refractivity contribution in [2.75, 3.05) is 4.90 Å². The van der Waals surface area contributed by atoms with Crippen LogP contribution in [0.5, 0.6) is 0 Å². The molecule has 5 nitrogen and oxygen atoms in total. The van der Waals surface area contributed by atoms with Crippen LogP contribution in [0.2, 0.25) is 0 Å². The molecule has 0 amide bonds. The number of amidine groups is 1. The summed E-state index contributed by atoms with van der Waals surface area (Å²) < 4.78 is 0. The van der Waals surface area contributed by atoms with Crippen LogP contribution in [0.25, 0.3) is 22.4 Å². The molecule has 10 unspecified atom stereocenters. The Labute approximate surface area is 377 Å². The molecule has 2 saturated heterocycles. The van der Waals surface area contributed by atoms with E-state index in [0.29, 0.717) is 41.8 Å². The minimum atomic E-state index is -0.241. The van der Waals surface area contributed by atoms with Crippen LogP contribution in [0.3, 0.4) is 0 Å². The molecule has 10 atom stereocenters. The Morgan fingerprint density at radius 1 is 0.609 bits per heavy atom. The third kappa shape index (κ3) is 6.16. The average Bonchev–Trinajstić information content (AvgIpc) is 3.88. The topological polar surface area (TPSA) is 42.9 Å². The van der Waals surface area contributed by atoms with Crippen molar-refractivity contribution >= 4 is 33.9 Å². The number of allylic oxidation sites excluding steroid dienone is 9. The molecular weight excluding hydrogens is 779 g/mol. The molecule has 3 heterocycles. The predicted molar refractivity (Wildman–Crippen MR) is 263 cm³/mol. The summed E-state index contributed by atoms with van der Waals surface area (Å²) in [6.45, 7) is 0. The second kappa shape index (κ2) is 15.6. The van der Waals surface area contributed by atoms with Crippen molar-refractivity contribution < 1.29 is 0 Å². The summed E-state index contributed by atoms with van der Waals surface area (Å²) in [7, 11) is 0. The number of nitrogens with zero attached hydrogens (tertiary/aromatic N) is 3. The van der Waals surface area contributed by atoms with E-state index in [1.165, 1.54) is 55.5 Å². The molecule has 0 radical (unpaired) electrons. The molecule has 0 aromatic heterocycles. The third-order valence-electron chi connectivity index (χ3n) is 15.5. The van der Waals surface area contributed by atoms with Crippen molar-refractivity contribution in [2.45, 2.75) is 62.2 Å². The highest BCUT2D eigenvalue weighted by molar-refractivity contribution is 6.00. The van der Waals surface area contributed by atoms with Gasteiger partial charge in [0.2, 0.25) is 0 Å². The maximum Gasteiger partial charge on any atom is 0.131 e. The maximum absolute atomic E-state index is 5.53. The van der Waals surface area contributed by atoms with E-state index in [1.54, 1.807) is 0 Å². The van der Waals surface area contributed by atoms with E-state index in [0.717, 1.165) is 37.1 Å². The molecule has 0 spiro atoms. The van der Waals surface area contributed by atoms with Gasteiger partial charge in [-0.05, 0) is 100 Å². The van der Waals surface area contributed by atoms with Crippen LogP contribution >= 0.6 is 0 Å². The van der Waals surface area contributed by atoms with Crippen LogP contribution < -0.4 is 15.5 Å². The van der Waals surface area contributed by atoms with Gasteiger partial charge < -0.3 is 10.2 Å². The molecule has 5 heteroatoms. The third-order valence-corrected chi connectivity index (χ3v) is 15.5. The molecular formula is C59H53N5. The molecule has 5 aromatic rings. The summed E-state index contributed by atoms with van der Waals surface area (Å²) in [5, 5.41) is 10.3. The number of hydrogen-bond donors (Lipinski definition) is 2. The molecule has 314 valence electrons. The first-order chi connectivity index (χ1) is 31.8. The number of benzene rings is 5. The van der Waals surface area contributed by atoms with Crippen LogP contribution in [0, 0.1) is 23.7 Å². The van der Waals surface area contributed by atoms with Crippen molar-refractivity contribution in [1.29, 1.82) is 0 Å². The Bertz CT molecular complexity index is 2900. The zero-order valence-electron chi connectivity index (χ0n) is 36.0. The summed E-state index contributed by atoms with van der Waals surface area (Å²) in [4.78, 5) is 11.2. The molecule has 13 rings (SSSR count). The van der Waals surface area contributed by atoms with Crippen LogP contribution in [0.4, 0.5) is 5.69 Å². The predicted octanol–water partition coefficient (Wildman–Crippen LogP) is 12.3. The summed E-state index contributed by atoms with van der Waals surface area (Å²) in [5.41, 5.74) is 11.7. The number of likely N-dealkylation sites (tertiary alicyclic amines) is 1. The van der Waals surface area contributed by atoms with Gasteiger partial charge in [-0.1, -0.05) is 170 Å². The number of aliphatic imine (C=N–C) groups is 1. The highest BCUT2D eigenvalue weighted by atomic mass is 15.3. The highest BCUT2D eigenvalue weighted by Crippen LogP contribution is 2.59. The van der Waals surface area contributed by atoms with Crippen molar-refractivity contribution in [2.24, 2.45) is 28.7 Å². The first kappa shape index (κ1) is 38.0. The second-order valence-corrected chi connectivity index (χ2v) is 18.8. The first-order valence-electron chi connectivity index (χ1n) is 23.6. The number of rotatable bonds is 6. The SMILES string of the molecule is C1=CCCC(c2ccccc2C2N=C(c3ccc(N4C5=Cc6ccccc6C(N6C7C=CC=CC7C7C=CC=CC76)C5C5C=CCCC54)cc3)NC(c3cccc4ccccc34)N2)=C1. The lowest BCUT2D eigenvalue weighted by Crippen LogP contribution is -2.45. The van der Waals surface area contributed by atoms with Gasteiger partial charge >= 0.3 is 0 Å². The van der Waals surface area contributed by atoms with Gasteiger partial charge in [0, 0.05) is 64.8 Å². The molecule has 5 aliphatic carbocycles. The highest BCUT2D eigenvalue weighted by Gasteiger charge is 2.57. The van der Waals surface area contributed by atoms with E-state index in [4.69, 9.17) is 4.99 Å². The van der Waals surface area contributed by atoms with Gasteiger partial charge in [0.1, 0.15) is 18.2 Å². The number of hydrogen-bond acceptors (Lipinski definition) is 5. The largest absolute Gasteiger partial charge is 0.350 e. The summed E-state index contributed by atoms with van der Waals surface area (Å²) in [5.74, 6) is 2.60. The van der Waals surface area contributed by atoms with Crippen LogP contribution in [-0.2, 0) is 0 Å². The maximum atomic E-state index is 5.53. The van der Waals surface area contributed by atoms with Gasteiger partial charge in [0.15, 0.2) is 0 Å². The molecule has 64 heavy (non-hydrogen) atoms. The van der Waals surface area contributed by atoms with Crippen molar-refractivity contribution in [3.63, 3.8) is 0 Å². The van der Waals surface area contributed by atoms with Gasteiger partial charge in [-0.15, -0.1) is 0 Å². The van der Waals surface area contributed by atoms with Crippen LogP contribution in [0.1, 0.15) is 77.4 Å². The average molecular weight is 832 g/mol. The fraction of sp³-hybridized carbons (Fsp3) is 0.237. The zero-order valence-corrected chi connectivity index (χ0v) is 36.0. The van der Waals surface area contributed by atoms with Crippen molar-refractivity contribution in [1.82, 2.24) is 15.5 Å². The number of nitrogens with one attached hydrogen (secondary N) is 2. The second-order valence-electron chi connectivity index (χ2n) is 18.8. The quantitative estimate of drug-likeness (QED) is 0.167. The number of fused-ring (bicyclic) bond motifs is 8. The van der Waals surface area contributed by atoms with E-state index >= 15 is 0 Å². The summed E-state index contributed by atoms with van der Waals surface area (Å²) in [6.07, 6.45) is 37.3. The smallest absolute Gasteiger partial charge is 0.131 e. The standard InChI is InChI=1S/C59H53N5/c1-2-17-38(18-3-1)43-23-8-9-27-48(43)58-60-57(61-59(62-58)49-29-16-21-39-19-4-6-22-44(39)49)40-33-35-42(36-34-40)63-53-32-15-12-28-50(53)55-54(63)37-41-20-5-7-24-45(41)56(55)64-51-30-13-10-25-46(51)47-26-11-14-31-52(47)64/h1-2,4-14,16-17,19-31,33-37,46-47,50-53,55-56,58-59,62H,3,15,18,32H2,(H,60,61). The Balaban J connectivity index is 0.893. The van der Waals surface area contributed by atoms with Gasteiger partial charge in [0.05, 0.1) is 0 Å². The van der Waals surface area contributed by atoms with E-state index in [9.17, 15) is 0 Å². The molecule has 3 aliphatic heterocycles. The fourth-order valence-corrected chi connectivity index (χ4v) is 12.8. The Morgan fingerprint density at radius 3 is 2.17 bits per heavy atom. The summed E-state index contributed by atoms with van der Waals surface area (Å²) in [6, 6.07) is 44.2. The Kier molecular flexibility index (Phi) is 9.27. The minimum Gasteiger partial charge on any atom is -0.350 e. The zero-order chi connectivity index (χ0) is 42.1. The lowest BCUT2D eigenvalue weighted by Gasteiger charge is -2.44. The molecule has 2 fully saturated rings. The Hall–Kier alpha value is -6.53. The molecule has 0 bridgehead atoms. The Morgan fingerprint density at radius 2 is 1.34 bits per heavy atom. The molecule has 2 N–H and O–H groups in total. The van der Waals surface area contributed by atoms with Crippen molar-refractivity contribution in [3.05, 3.63) is 233 Å². The minimum absolute atomic E-state index is 0.149. The van der Waals surface area contributed by atoms with Gasteiger partial charge in [0.25, 0.3) is 0 Å². The van der Waals surface area contributed by atoms with E-state index in [-0.39, 0.29) is 18.4 Å². The van der Waals surface area contributed by atoms with E-state index < -0.39 is 0 Å². The van der Waals surface area contributed by atoms with Crippen LogP contribution in [0.15, 0.2) is 205 Å². The van der Waals surface area contributed by atoms with Gasteiger partial charge in [-0.25, -0.2) is 4.99 Å². The first-order valence-corrected chi connectivity index (χ1v) is 23.6. The van der Waals surface area contributed by atoms with E-state index in [2.05, 4.69) is 221 Å². The van der Waals surface area contributed by atoms with E-state index in [1.807, 2.05) is 0 Å². The number of anilines is 1. The normalized spacial score (nSPS) is 30.8. The van der Waals surface area contributed by atoms with Crippen molar-refractivity contribution in [3.8, 4) is 0 Å². The van der Waals surface area contributed by atoms with Crippen LogP contribution in [-0.4, -0.2) is 28.9 Å². The summed E-state index contributed by atoms with van der Waals surface area (Å²) >= 11 is 0. The monoisotopic (exact) mass is 831 g/mol. The fourth-order valence-electron chi connectivity index (χ4n) is 12.8. The lowest BCUT2D eigenvalue weighted by atomic mass is 9.73.